The van der Waals surface area contributed by atoms with Gasteiger partial charge in [-0.3, -0.25) is 9.89 Å². The largest absolute Gasteiger partial charge is 0.508 e. The summed E-state index contributed by atoms with van der Waals surface area (Å²) in [4.78, 5) is 12.0. The molecule has 0 spiro atoms. The van der Waals surface area contributed by atoms with Crippen LogP contribution in [-0.2, 0) is 6.42 Å². The zero-order chi connectivity index (χ0) is 18.5. The summed E-state index contributed by atoms with van der Waals surface area (Å²) in [5.41, 5.74) is 6.17. The maximum absolute atomic E-state index is 12.0. The molecule has 3 rings (SSSR count). The maximum atomic E-state index is 12.0. The minimum atomic E-state index is -0.551. The number of carbonyl (C=O) groups excluding carboxylic acids is 1. The normalized spacial score (nSPS) is 11.0. The Labute approximate surface area is 150 Å². The van der Waals surface area contributed by atoms with E-state index in [-0.39, 0.29) is 17.1 Å². The van der Waals surface area contributed by atoms with Crippen LogP contribution < -0.4 is 5.43 Å². The fourth-order valence-electron chi connectivity index (χ4n) is 2.48. The molecular weight excluding hydrogens is 332 g/mol. The quantitative estimate of drug-likeness (QED) is 0.419. The average Bonchev–Trinajstić information content (AvgIpc) is 3.09. The number of hydrazone groups is 1. The van der Waals surface area contributed by atoms with Crippen molar-refractivity contribution in [3.63, 3.8) is 0 Å². The molecule has 0 fully saturated rings. The lowest BCUT2D eigenvalue weighted by Gasteiger charge is -2.03. The van der Waals surface area contributed by atoms with Crippen molar-refractivity contribution in [2.45, 2.75) is 13.3 Å². The van der Waals surface area contributed by atoms with E-state index in [1.54, 1.807) is 6.20 Å². The molecule has 7 heteroatoms. The molecule has 0 saturated heterocycles. The van der Waals surface area contributed by atoms with E-state index >= 15 is 0 Å². The number of nitrogens with zero attached hydrogens (tertiary/aromatic N) is 2. The maximum Gasteiger partial charge on any atom is 0.271 e. The second-order valence-corrected chi connectivity index (χ2v) is 5.69. The van der Waals surface area contributed by atoms with Crippen molar-refractivity contribution < 1.29 is 15.0 Å². The molecule has 0 aliphatic rings. The van der Waals surface area contributed by atoms with Crippen LogP contribution in [0.2, 0.25) is 0 Å². The number of phenolic OH excluding ortho intramolecular Hbond substituents is 2. The zero-order valence-corrected chi connectivity index (χ0v) is 14.1. The number of aromatic hydroxyl groups is 2. The Bertz CT molecular complexity index is 925. The molecule has 3 aromatic rings. The first-order valence-corrected chi connectivity index (χ1v) is 8.06. The molecule has 4 N–H and O–H groups in total. The minimum absolute atomic E-state index is 0.0993. The summed E-state index contributed by atoms with van der Waals surface area (Å²) < 4.78 is 0. The highest BCUT2D eigenvalue weighted by atomic mass is 16.3. The Morgan fingerprint density at radius 3 is 2.54 bits per heavy atom. The Kier molecular flexibility index (Phi) is 4.98. The first-order chi connectivity index (χ1) is 12.6. The van der Waals surface area contributed by atoms with Gasteiger partial charge in [0.05, 0.1) is 18.1 Å². The number of aromatic amines is 1. The number of aromatic nitrogens is 2. The van der Waals surface area contributed by atoms with Crippen LogP contribution in [-0.4, -0.2) is 32.5 Å². The monoisotopic (exact) mass is 350 g/mol. The van der Waals surface area contributed by atoms with Crippen LogP contribution in [0.5, 0.6) is 11.5 Å². The number of phenols is 2. The van der Waals surface area contributed by atoms with Gasteiger partial charge in [-0.1, -0.05) is 31.2 Å². The highest BCUT2D eigenvalue weighted by Gasteiger charge is 2.09. The standard InChI is InChI=1S/C19H18N4O3/c1-2-12-3-5-13(6-4-12)18-15(10-20-22-18)11-21-23-19(26)14-7-16(24)9-17(25)8-14/h3-11,24-25H,2H2,1H3,(H,20,22)(H,23,26)/b21-11+. The Morgan fingerprint density at radius 1 is 1.19 bits per heavy atom. The van der Waals surface area contributed by atoms with Crippen LogP contribution in [0.4, 0.5) is 0 Å². The number of amides is 1. The van der Waals surface area contributed by atoms with Crippen molar-refractivity contribution in [2.24, 2.45) is 5.10 Å². The lowest BCUT2D eigenvalue weighted by molar-refractivity contribution is 0.0954. The van der Waals surface area contributed by atoms with Gasteiger partial charge < -0.3 is 10.2 Å². The molecule has 7 nitrogen and oxygen atoms in total. The first kappa shape index (κ1) is 17.2. The number of nitrogens with one attached hydrogen (secondary N) is 2. The van der Waals surface area contributed by atoms with E-state index in [2.05, 4.69) is 27.6 Å². The van der Waals surface area contributed by atoms with E-state index in [0.29, 0.717) is 5.56 Å². The zero-order valence-electron chi connectivity index (χ0n) is 14.1. The first-order valence-electron chi connectivity index (χ1n) is 8.06. The van der Waals surface area contributed by atoms with E-state index in [1.807, 2.05) is 24.3 Å². The van der Waals surface area contributed by atoms with Gasteiger partial charge in [0.15, 0.2) is 0 Å². The molecule has 26 heavy (non-hydrogen) atoms. The molecule has 1 amide bonds. The van der Waals surface area contributed by atoms with Gasteiger partial charge in [-0.05, 0) is 24.1 Å². The second kappa shape index (κ2) is 7.52. The molecule has 1 heterocycles. The number of benzene rings is 2. The van der Waals surface area contributed by atoms with E-state index < -0.39 is 5.91 Å². The van der Waals surface area contributed by atoms with Crippen LogP contribution in [0.15, 0.2) is 53.8 Å². The molecule has 0 aliphatic heterocycles. The van der Waals surface area contributed by atoms with Gasteiger partial charge in [0, 0.05) is 22.8 Å². The number of rotatable bonds is 5. The van der Waals surface area contributed by atoms with Crippen molar-refractivity contribution in [1.82, 2.24) is 15.6 Å². The fourth-order valence-corrected chi connectivity index (χ4v) is 2.48. The van der Waals surface area contributed by atoms with Gasteiger partial charge in [0.25, 0.3) is 5.91 Å². The number of carbonyl (C=O) groups is 1. The third kappa shape index (κ3) is 3.89. The van der Waals surface area contributed by atoms with Crippen molar-refractivity contribution >= 4 is 12.1 Å². The Morgan fingerprint density at radius 2 is 1.88 bits per heavy atom. The van der Waals surface area contributed by atoms with Crippen molar-refractivity contribution in [3.05, 3.63) is 65.4 Å². The van der Waals surface area contributed by atoms with E-state index in [4.69, 9.17) is 0 Å². The van der Waals surface area contributed by atoms with Gasteiger partial charge in [0.2, 0.25) is 0 Å². The van der Waals surface area contributed by atoms with Gasteiger partial charge in [-0.2, -0.15) is 10.2 Å². The summed E-state index contributed by atoms with van der Waals surface area (Å²) in [6, 6.07) is 11.7. The van der Waals surface area contributed by atoms with E-state index in [1.165, 1.54) is 23.9 Å². The second-order valence-electron chi connectivity index (χ2n) is 5.69. The molecule has 0 aliphatic carbocycles. The van der Waals surface area contributed by atoms with Crippen LogP contribution in [0.3, 0.4) is 0 Å². The predicted molar refractivity (Wildman–Crippen MR) is 98.2 cm³/mol. The van der Waals surface area contributed by atoms with Crippen LogP contribution in [0, 0.1) is 0 Å². The summed E-state index contributed by atoms with van der Waals surface area (Å²) in [5.74, 6) is -0.955. The Balaban J connectivity index is 1.73. The SMILES string of the molecule is CCc1ccc(-c2[nH]ncc2/C=N/NC(=O)c2cc(O)cc(O)c2)cc1. The lowest BCUT2D eigenvalue weighted by Crippen LogP contribution is -2.17. The van der Waals surface area contributed by atoms with Crippen molar-refractivity contribution in [3.8, 4) is 22.8 Å². The molecule has 1 aromatic heterocycles. The summed E-state index contributed by atoms with van der Waals surface area (Å²) in [6.45, 7) is 2.10. The third-order valence-electron chi connectivity index (χ3n) is 3.85. The number of hydrogen-bond donors (Lipinski definition) is 4. The minimum Gasteiger partial charge on any atom is -0.508 e. The van der Waals surface area contributed by atoms with Gasteiger partial charge in [-0.25, -0.2) is 5.43 Å². The van der Waals surface area contributed by atoms with Crippen LogP contribution >= 0.6 is 0 Å². The molecule has 0 saturated carbocycles. The van der Waals surface area contributed by atoms with Gasteiger partial charge in [-0.15, -0.1) is 0 Å². The number of hydrogen-bond acceptors (Lipinski definition) is 5. The van der Waals surface area contributed by atoms with Gasteiger partial charge >= 0.3 is 0 Å². The van der Waals surface area contributed by atoms with E-state index in [0.717, 1.165) is 23.7 Å². The summed E-state index contributed by atoms with van der Waals surface area (Å²) >= 11 is 0. The number of aryl methyl sites for hydroxylation is 1. The summed E-state index contributed by atoms with van der Waals surface area (Å²) in [5, 5.41) is 29.7. The fraction of sp³-hybridized carbons (Fsp3) is 0.105. The molecular formula is C19H18N4O3. The lowest BCUT2D eigenvalue weighted by atomic mass is 10.1. The average molecular weight is 350 g/mol. The topological polar surface area (TPSA) is 111 Å². The number of H-pyrrole nitrogens is 1. The molecule has 0 bridgehead atoms. The molecule has 0 unspecified atom stereocenters. The highest BCUT2D eigenvalue weighted by Crippen LogP contribution is 2.21. The summed E-state index contributed by atoms with van der Waals surface area (Å²) in [6.07, 6.45) is 4.06. The van der Waals surface area contributed by atoms with Crippen molar-refractivity contribution in [1.29, 1.82) is 0 Å². The smallest absolute Gasteiger partial charge is 0.271 e. The predicted octanol–water partition coefficient (Wildman–Crippen LogP) is 2.81. The van der Waals surface area contributed by atoms with Crippen LogP contribution in [0.25, 0.3) is 11.3 Å². The summed E-state index contributed by atoms with van der Waals surface area (Å²) in [7, 11) is 0. The highest BCUT2D eigenvalue weighted by molar-refractivity contribution is 5.96. The molecule has 0 atom stereocenters. The molecule has 0 radical (unpaired) electrons. The molecule has 2 aromatic carbocycles. The van der Waals surface area contributed by atoms with Crippen LogP contribution in [0.1, 0.15) is 28.4 Å². The molecule has 132 valence electrons. The Hall–Kier alpha value is -3.61. The third-order valence-corrected chi connectivity index (χ3v) is 3.85. The van der Waals surface area contributed by atoms with Gasteiger partial charge in [0.1, 0.15) is 11.5 Å². The van der Waals surface area contributed by atoms with Crippen molar-refractivity contribution in [2.75, 3.05) is 0 Å². The van der Waals surface area contributed by atoms with E-state index in [9.17, 15) is 15.0 Å².